The summed E-state index contributed by atoms with van der Waals surface area (Å²) in [4.78, 5) is 11.5. The van der Waals surface area contributed by atoms with Gasteiger partial charge < -0.3 is 0 Å². The molecule has 0 saturated carbocycles. The molecule has 88 valence electrons. The van der Waals surface area contributed by atoms with Crippen molar-refractivity contribution < 1.29 is 9.28 Å². The molecule has 0 fully saturated rings. The molecule has 0 atom stereocenters. The Bertz CT molecular complexity index is 410. The lowest BCUT2D eigenvalue weighted by atomic mass is 9.86. The summed E-state index contributed by atoms with van der Waals surface area (Å²) in [6.45, 7) is 6.02. The summed E-state index contributed by atoms with van der Waals surface area (Å²) in [6, 6.07) is 4.93. The lowest BCUT2D eigenvalue weighted by Crippen LogP contribution is -2.19. The van der Waals surface area contributed by atoms with Gasteiger partial charge in [0.25, 0.3) is 5.91 Å². The maximum absolute atomic E-state index is 12.8. The van der Waals surface area contributed by atoms with E-state index >= 15 is 0 Å². The zero-order valence-corrected chi connectivity index (χ0v) is 10.6. The van der Waals surface area contributed by atoms with Gasteiger partial charge in [-0.2, -0.15) is 5.12 Å². The largest absolute Gasteiger partial charge is 0.281 e. The molecule has 1 rings (SSSR count). The Hall–Kier alpha value is -1.09. The van der Waals surface area contributed by atoms with Gasteiger partial charge in [-0.3, -0.25) is 4.79 Å². The highest BCUT2D eigenvalue weighted by Gasteiger charge is 2.18. The van der Waals surface area contributed by atoms with E-state index in [1.165, 1.54) is 6.07 Å². The van der Waals surface area contributed by atoms with E-state index < -0.39 is 5.91 Å². The maximum Gasteiger partial charge on any atom is 0.281 e. The van der Waals surface area contributed by atoms with Gasteiger partial charge in [-0.05, 0) is 29.2 Å². The second-order valence-corrected chi connectivity index (χ2v) is 5.20. The molecular formula is C12H15ClFNO. The molecule has 0 spiro atoms. The van der Waals surface area contributed by atoms with E-state index in [2.05, 4.69) is 0 Å². The Morgan fingerprint density at radius 3 is 2.31 bits per heavy atom. The Kier molecular flexibility index (Phi) is 3.58. The topological polar surface area (TPSA) is 20.3 Å². The van der Waals surface area contributed by atoms with Gasteiger partial charge >= 0.3 is 0 Å². The summed E-state index contributed by atoms with van der Waals surface area (Å²) in [5.74, 6) is -0.687. The highest BCUT2D eigenvalue weighted by atomic mass is 35.5. The number of carbonyl (C=O) groups is 1. The fraction of sp³-hybridized carbons (Fsp3) is 0.417. The van der Waals surface area contributed by atoms with Gasteiger partial charge in [0.2, 0.25) is 0 Å². The van der Waals surface area contributed by atoms with E-state index in [4.69, 9.17) is 11.6 Å². The molecule has 2 nitrogen and oxygen atoms in total. The first-order valence-electron chi connectivity index (χ1n) is 4.97. The van der Waals surface area contributed by atoms with Crippen LogP contribution in [0.4, 0.5) is 4.48 Å². The van der Waals surface area contributed by atoms with Crippen LogP contribution in [0, 0.1) is 0 Å². The normalized spacial score (nSPS) is 11.4. The molecule has 4 heteroatoms. The number of carbonyl (C=O) groups excluding carboxylic acids is 1. The van der Waals surface area contributed by atoms with E-state index in [1.54, 1.807) is 12.1 Å². The van der Waals surface area contributed by atoms with Gasteiger partial charge in [-0.15, -0.1) is 0 Å². The molecule has 0 aliphatic rings. The van der Waals surface area contributed by atoms with Gasteiger partial charge in [-0.25, -0.2) is 0 Å². The predicted molar refractivity (Wildman–Crippen MR) is 63.4 cm³/mol. The van der Waals surface area contributed by atoms with Gasteiger partial charge in [-0.1, -0.05) is 36.9 Å². The van der Waals surface area contributed by atoms with Crippen LogP contribution in [0.5, 0.6) is 0 Å². The van der Waals surface area contributed by atoms with Crippen LogP contribution in [0.1, 0.15) is 36.7 Å². The number of rotatable bonds is 1. The molecule has 0 aliphatic carbocycles. The third-order valence-electron chi connectivity index (χ3n) is 2.29. The van der Waals surface area contributed by atoms with E-state index in [-0.39, 0.29) is 16.1 Å². The minimum Gasteiger partial charge on any atom is -0.267 e. The van der Waals surface area contributed by atoms with Crippen molar-refractivity contribution in [3.8, 4) is 0 Å². The third kappa shape index (κ3) is 2.95. The molecule has 0 bridgehead atoms. The Morgan fingerprint density at radius 1 is 1.31 bits per heavy atom. The van der Waals surface area contributed by atoms with Crippen LogP contribution in [-0.2, 0) is 5.41 Å². The second-order valence-electron chi connectivity index (χ2n) is 4.76. The van der Waals surface area contributed by atoms with Crippen molar-refractivity contribution in [2.45, 2.75) is 26.2 Å². The maximum atomic E-state index is 12.8. The van der Waals surface area contributed by atoms with Crippen molar-refractivity contribution in [2.24, 2.45) is 0 Å². The first-order valence-corrected chi connectivity index (χ1v) is 5.34. The molecule has 0 unspecified atom stereocenters. The van der Waals surface area contributed by atoms with Crippen molar-refractivity contribution in [2.75, 3.05) is 7.05 Å². The predicted octanol–water partition coefficient (Wildman–Crippen LogP) is 3.59. The van der Waals surface area contributed by atoms with Gasteiger partial charge in [0.15, 0.2) is 0 Å². The van der Waals surface area contributed by atoms with Gasteiger partial charge in [0.1, 0.15) is 0 Å². The Balaban J connectivity index is 3.24. The van der Waals surface area contributed by atoms with Crippen molar-refractivity contribution in [1.82, 2.24) is 5.12 Å². The highest BCUT2D eigenvalue weighted by Crippen LogP contribution is 2.26. The molecule has 0 radical (unpaired) electrons. The fourth-order valence-electron chi connectivity index (χ4n) is 1.32. The third-order valence-corrected chi connectivity index (χ3v) is 2.51. The Labute approximate surface area is 99.9 Å². The minimum absolute atomic E-state index is 0.0537. The van der Waals surface area contributed by atoms with Crippen LogP contribution in [0.25, 0.3) is 0 Å². The van der Waals surface area contributed by atoms with Crippen LogP contribution in [0.15, 0.2) is 18.2 Å². The molecule has 0 saturated heterocycles. The summed E-state index contributed by atoms with van der Waals surface area (Å²) < 4.78 is 12.8. The van der Waals surface area contributed by atoms with Crippen LogP contribution >= 0.6 is 11.6 Å². The van der Waals surface area contributed by atoms with Crippen LogP contribution in [0.2, 0.25) is 5.02 Å². The highest BCUT2D eigenvalue weighted by molar-refractivity contribution is 6.31. The van der Waals surface area contributed by atoms with Crippen molar-refractivity contribution in [3.05, 3.63) is 34.3 Å². The molecular weight excluding hydrogens is 229 g/mol. The number of hydrogen-bond donors (Lipinski definition) is 0. The molecule has 16 heavy (non-hydrogen) atoms. The molecule has 1 aromatic rings. The second kappa shape index (κ2) is 4.42. The molecule has 0 aromatic heterocycles. The lowest BCUT2D eigenvalue weighted by Gasteiger charge is -2.20. The first-order chi connectivity index (χ1) is 7.21. The van der Waals surface area contributed by atoms with Crippen LogP contribution < -0.4 is 0 Å². The first kappa shape index (κ1) is 13.0. The van der Waals surface area contributed by atoms with Crippen LogP contribution in [0.3, 0.4) is 0 Å². The molecule has 0 aliphatic heterocycles. The van der Waals surface area contributed by atoms with E-state index in [1.807, 2.05) is 20.8 Å². The van der Waals surface area contributed by atoms with Gasteiger partial charge in [0, 0.05) is 17.6 Å². The monoisotopic (exact) mass is 243 g/mol. The SMILES string of the molecule is CN(F)C(=O)c1cc(Cl)cc(C(C)(C)C)c1. The number of hydrogen-bond acceptors (Lipinski definition) is 1. The molecule has 0 N–H and O–H groups in total. The van der Waals surface area contributed by atoms with Crippen molar-refractivity contribution >= 4 is 17.5 Å². The summed E-state index contributed by atoms with van der Waals surface area (Å²) in [7, 11) is 1.07. The standard InChI is InChI=1S/C12H15ClFNO/c1-12(2,3)9-5-8(6-10(13)7-9)11(16)15(4)14/h5-7H,1-4H3. The Morgan fingerprint density at radius 2 is 1.88 bits per heavy atom. The minimum atomic E-state index is -0.687. The average molecular weight is 244 g/mol. The average Bonchev–Trinajstić information content (AvgIpc) is 2.14. The van der Waals surface area contributed by atoms with Crippen LogP contribution in [-0.4, -0.2) is 18.1 Å². The summed E-state index contributed by atoms with van der Waals surface area (Å²) >= 11 is 5.91. The number of amides is 1. The molecule has 1 aromatic carbocycles. The summed E-state index contributed by atoms with van der Waals surface area (Å²) in [5, 5.41) is 0.496. The van der Waals surface area contributed by atoms with Crippen molar-refractivity contribution in [1.29, 1.82) is 0 Å². The quantitative estimate of drug-likeness (QED) is 0.691. The van der Waals surface area contributed by atoms with E-state index in [9.17, 15) is 9.28 Å². The number of halogens is 2. The van der Waals surface area contributed by atoms with Crippen molar-refractivity contribution in [3.63, 3.8) is 0 Å². The number of benzene rings is 1. The van der Waals surface area contributed by atoms with E-state index in [0.29, 0.717) is 5.02 Å². The molecule has 1 amide bonds. The zero-order chi connectivity index (χ0) is 12.5. The number of nitrogens with zero attached hydrogens (tertiary/aromatic N) is 1. The van der Waals surface area contributed by atoms with E-state index in [0.717, 1.165) is 12.6 Å². The molecule has 0 heterocycles. The summed E-state index contributed by atoms with van der Waals surface area (Å²) in [6.07, 6.45) is 0. The van der Waals surface area contributed by atoms with Gasteiger partial charge in [0.05, 0.1) is 0 Å². The lowest BCUT2D eigenvalue weighted by molar-refractivity contribution is 0.0343. The summed E-state index contributed by atoms with van der Waals surface area (Å²) in [5.41, 5.74) is 1.04. The fourth-order valence-corrected chi connectivity index (χ4v) is 1.56. The smallest absolute Gasteiger partial charge is 0.267 e. The zero-order valence-electron chi connectivity index (χ0n) is 9.84.